The van der Waals surface area contributed by atoms with Crippen molar-refractivity contribution >= 4 is 23.2 Å². The molecule has 1 amide bonds. The van der Waals surface area contributed by atoms with E-state index in [-0.39, 0.29) is 35.0 Å². The molecule has 0 unspecified atom stereocenters. The third-order valence-corrected chi connectivity index (χ3v) is 6.44. The van der Waals surface area contributed by atoms with Gasteiger partial charge in [-0.25, -0.2) is 8.91 Å². The highest BCUT2D eigenvalue weighted by atomic mass is 19.4. The van der Waals surface area contributed by atoms with Crippen molar-refractivity contribution in [3.63, 3.8) is 0 Å². The molecule has 3 heterocycles. The van der Waals surface area contributed by atoms with Crippen LogP contribution in [0.2, 0.25) is 0 Å². The summed E-state index contributed by atoms with van der Waals surface area (Å²) in [6.07, 6.45) is 2.04. The average Bonchev–Trinajstić information content (AvgIpc) is 3.38. The molecule has 1 aliphatic rings. The standard InChI is InChI=1S/C30H25F4N7O/c1-18-10-11-40(36-15-18)17-23-8-9-24(14-25(23)30(32,33)34)37-28(42)22-6-4-19(2)21(13-22)7-5-20-12-26(31)27-38-29(35-3)39-41(27)16-20/h4,6,8-16,36H,17H2,1-3H3,(H,35,39)(H,37,42). The van der Waals surface area contributed by atoms with E-state index in [0.29, 0.717) is 11.1 Å². The lowest BCUT2D eigenvalue weighted by atomic mass is 10.0. The van der Waals surface area contributed by atoms with Crippen LogP contribution in [0.3, 0.4) is 0 Å². The van der Waals surface area contributed by atoms with Gasteiger partial charge >= 0.3 is 6.18 Å². The monoisotopic (exact) mass is 575 g/mol. The van der Waals surface area contributed by atoms with Gasteiger partial charge in [0.2, 0.25) is 5.95 Å². The second-order valence-corrected chi connectivity index (χ2v) is 9.59. The fourth-order valence-corrected chi connectivity index (χ4v) is 4.18. The number of amides is 1. The number of halogens is 4. The van der Waals surface area contributed by atoms with Crippen molar-refractivity contribution in [2.24, 2.45) is 0 Å². The first kappa shape index (κ1) is 28.2. The number of allylic oxidation sites excluding steroid dienone is 2. The van der Waals surface area contributed by atoms with Crippen LogP contribution in [0.5, 0.6) is 0 Å². The Labute approximate surface area is 238 Å². The van der Waals surface area contributed by atoms with Crippen molar-refractivity contribution in [3.8, 4) is 11.8 Å². The van der Waals surface area contributed by atoms with Gasteiger partial charge in [-0.15, -0.1) is 5.10 Å². The van der Waals surface area contributed by atoms with Crippen LogP contribution < -0.4 is 16.1 Å². The number of aromatic nitrogens is 3. The van der Waals surface area contributed by atoms with Crippen molar-refractivity contribution in [2.45, 2.75) is 26.6 Å². The van der Waals surface area contributed by atoms with E-state index < -0.39 is 23.5 Å². The molecule has 0 aliphatic carbocycles. The molecule has 0 bridgehead atoms. The van der Waals surface area contributed by atoms with Crippen LogP contribution in [-0.4, -0.2) is 32.6 Å². The van der Waals surface area contributed by atoms with Gasteiger partial charge in [0.05, 0.1) is 12.1 Å². The summed E-state index contributed by atoms with van der Waals surface area (Å²) < 4.78 is 57.5. The zero-order valence-corrected chi connectivity index (χ0v) is 22.8. The molecule has 0 fully saturated rings. The number of nitrogens with zero attached hydrogens (tertiary/aromatic N) is 4. The smallest absolute Gasteiger partial charge is 0.356 e. The molecule has 0 radical (unpaired) electrons. The summed E-state index contributed by atoms with van der Waals surface area (Å²) in [5, 5.41) is 10.9. The van der Waals surface area contributed by atoms with E-state index in [1.807, 2.05) is 6.92 Å². The molecule has 214 valence electrons. The number of anilines is 2. The Bertz CT molecular complexity index is 1810. The summed E-state index contributed by atoms with van der Waals surface area (Å²) in [5.74, 6) is 4.87. The largest absolute Gasteiger partial charge is 0.416 e. The first-order valence-corrected chi connectivity index (χ1v) is 12.8. The molecule has 2 aromatic heterocycles. The number of carbonyl (C=O) groups excluding carboxylic acids is 1. The van der Waals surface area contributed by atoms with Crippen molar-refractivity contribution in [1.82, 2.24) is 25.0 Å². The molecule has 2 aromatic carbocycles. The lowest BCUT2D eigenvalue weighted by molar-refractivity contribution is -0.138. The first-order valence-electron chi connectivity index (χ1n) is 12.8. The predicted octanol–water partition coefficient (Wildman–Crippen LogP) is 5.63. The molecule has 0 saturated carbocycles. The quantitative estimate of drug-likeness (QED) is 0.211. The Balaban J connectivity index is 1.36. The Hall–Kier alpha value is -5.31. The zero-order valence-electron chi connectivity index (χ0n) is 22.8. The highest BCUT2D eigenvalue weighted by molar-refractivity contribution is 6.04. The molecule has 12 heteroatoms. The fourth-order valence-electron chi connectivity index (χ4n) is 4.18. The number of alkyl halides is 3. The van der Waals surface area contributed by atoms with E-state index in [4.69, 9.17) is 0 Å². The number of hydrogen-bond donors (Lipinski definition) is 3. The lowest BCUT2D eigenvalue weighted by Gasteiger charge is -2.25. The molecule has 0 atom stereocenters. The lowest BCUT2D eigenvalue weighted by Crippen LogP contribution is -2.31. The van der Waals surface area contributed by atoms with Gasteiger partial charge < -0.3 is 16.1 Å². The van der Waals surface area contributed by atoms with E-state index in [2.05, 4.69) is 38.0 Å². The molecular formula is C30H25F4N7O. The fraction of sp³-hybridized carbons (Fsp3) is 0.167. The first-order chi connectivity index (χ1) is 20.0. The summed E-state index contributed by atoms with van der Waals surface area (Å²) in [6.45, 7) is 3.63. The third kappa shape index (κ3) is 6.20. The Kier molecular flexibility index (Phi) is 7.58. The number of hydrogen-bond acceptors (Lipinski definition) is 6. The van der Waals surface area contributed by atoms with Crippen LogP contribution in [0.4, 0.5) is 29.2 Å². The molecule has 0 spiro atoms. The van der Waals surface area contributed by atoms with Crippen molar-refractivity contribution in [1.29, 1.82) is 0 Å². The number of rotatable bonds is 5. The van der Waals surface area contributed by atoms with E-state index >= 15 is 0 Å². The normalized spacial score (nSPS) is 12.8. The molecule has 0 saturated heterocycles. The van der Waals surface area contributed by atoms with Crippen LogP contribution in [0.15, 0.2) is 72.7 Å². The highest BCUT2D eigenvalue weighted by Crippen LogP contribution is 2.34. The Morgan fingerprint density at radius 3 is 2.62 bits per heavy atom. The summed E-state index contributed by atoms with van der Waals surface area (Å²) in [5.41, 5.74) is 4.89. The summed E-state index contributed by atoms with van der Waals surface area (Å²) >= 11 is 0. The maximum absolute atomic E-state index is 14.5. The van der Waals surface area contributed by atoms with Crippen molar-refractivity contribution < 1.29 is 22.4 Å². The second-order valence-electron chi connectivity index (χ2n) is 9.59. The number of hydrazine groups is 1. The summed E-state index contributed by atoms with van der Waals surface area (Å²) in [7, 11) is 1.62. The van der Waals surface area contributed by atoms with Crippen molar-refractivity contribution in [2.75, 3.05) is 17.7 Å². The van der Waals surface area contributed by atoms with Gasteiger partial charge in [0.1, 0.15) is 0 Å². The van der Waals surface area contributed by atoms with Gasteiger partial charge in [0.15, 0.2) is 11.5 Å². The minimum absolute atomic E-state index is 0.000261. The summed E-state index contributed by atoms with van der Waals surface area (Å²) in [4.78, 5) is 17.0. The van der Waals surface area contributed by atoms with Crippen LogP contribution in [0.1, 0.15) is 45.1 Å². The maximum atomic E-state index is 14.5. The molecule has 5 rings (SSSR count). The van der Waals surface area contributed by atoms with Gasteiger partial charge in [-0.3, -0.25) is 9.80 Å². The topological polar surface area (TPSA) is 86.6 Å². The molecule has 4 aromatic rings. The average molecular weight is 576 g/mol. The number of benzene rings is 2. The maximum Gasteiger partial charge on any atom is 0.416 e. The van der Waals surface area contributed by atoms with Gasteiger partial charge in [0.25, 0.3) is 5.91 Å². The highest BCUT2D eigenvalue weighted by Gasteiger charge is 2.34. The SMILES string of the molecule is CNc1nc2c(F)cc(C#Cc3cc(C(=O)Nc4ccc(CN5C=CC(C)=CN5)c(C(F)(F)F)c4)ccc3C)cn2n1. The summed E-state index contributed by atoms with van der Waals surface area (Å²) in [6, 6.07) is 9.70. The van der Waals surface area contributed by atoms with Crippen molar-refractivity contribution in [3.05, 3.63) is 112 Å². The van der Waals surface area contributed by atoms with E-state index in [1.54, 1.807) is 44.6 Å². The van der Waals surface area contributed by atoms with Crippen LogP contribution in [0.25, 0.3) is 5.65 Å². The van der Waals surface area contributed by atoms with Gasteiger partial charge in [0, 0.05) is 48.0 Å². The molecule has 1 aliphatic heterocycles. The van der Waals surface area contributed by atoms with Gasteiger partial charge in [-0.05, 0) is 67.0 Å². The van der Waals surface area contributed by atoms with E-state index in [9.17, 15) is 22.4 Å². The Morgan fingerprint density at radius 2 is 1.90 bits per heavy atom. The minimum Gasteiger partial charge on any atom is -0.356 e. The second kappa shape index (κ2) is 11.3. The van der Waals surface area contributed by atoms with Crippen LogP contribution >= 0.6 is 0 Å². The van der Waals surface area contributed by atoms with Crippen LogP contribution in [0, 0.1) is 24.6 Å². The molecule has 42 heavy (non-hydrogen) atoms. The van der Waals surface area contributed by atoms with E-state index in [0.717, 1.165) is 17.2 Å². The van der Waals surface area contributed by atoms with Crippen LogP contribution in [-0.2, 0) is 12.7 Å². The zero-order chi connectivity index (χ0) is 30.0. The Morgan fingerprint density at radius 1 is 1.10 bits per heavy atom. The predicted molar refractivity (Wildman–Crippen MR) is 151 cm³/mol. The van der Waals surface area contributed by atoms with E-state index in [1.165, 1.54) is 40.0 Å². The molecular weight excluding hydrogens is 550 g/mol. The molecule has 8 nitrogen and oxygen atoms in total. The number of aryl methyl sites for hydroxylation is 1. The number of nitrogens with one attached hydrogen (secondary N) is 3. The van der Waals surface area contributed by atoms with Gasteiger partial charge in [-0.1, -0.05) is 24.0 Å². The molecule has 3 N–H and O–H groups in total. The van der Waals surface area contributed by atoms with Gasteiger partial charge in [-0.2, -0.15) is 18.2 Å². The third-order valence-electron chi connectivity index (χ3n) is 6.44. The number of pyridine rings is 1. The minimum atomic E-state index is -4.63. The number of fused-ring (bicyclic) bond motifs is 1. The number of carbonyl (C=O) groups is 1.